The summed E-state index contributed by atoms with van der Waals surface area (Å²) >= 11 is 6.34. The normalized spacial score (nSPS) is 31.4. The molecule has 0 aromatic heterocycles. The van der Waals surface area contributed by atoms with Gasteiger partial charge in [-0.1, -0.05) is 43.6 Å². The summed E-state index contributed by atoms with van der Waals surface area (Å²) in [5.41, 5.74) is 1.64. The van der Waals surface area contributed by atoms with Crippen LogP contribution in [0.5, 0.6) is 0 Å². The molecular weight excluding hydrogens is 268 g/mol. The van der Waals surface area contributed by atoms with Crippen LogP contribution in [-0.4, -0.2) is 29.1 Å². The first-order valence-corrected chi connectivity index (χ1v) is 8.04. The SMILES string of the molecule is CCC1(C)CN(Cc2ccccc2Cl)C(C)(CC)CN1. The van der Waals surface area contributed by atoms with Gasteiger partial charge in [-0.05, 0) is 38.3 Å². The fourth-order valence-electron chi connectivity index (χ4n) is 2.85. The van der Waals surface area contributed by atoms with Crippen LogP contribution in [0.1, 0.15) is 46.1 Å². The number of hydrogen-bond donors (Lipinski definition) is 1. The fourth-order valence-corrected chi connectivity index (χ4v) is 3.04. The van der Waals surface area contributed by atoms with Crippen molar-refractivity contribution in [3.8, 4) is 0 Å². The van der Waals surface area contributed by atoms with E-state index in [2.05, 4.69) is 50.0 Å². The van der Waals surface area contributed by atoms with Crippen molar-refractivity contribution in [1.82, 2.24) is 10.2 Å². The average Bonchev–Trinajstić information content (AvgIpc) is 2.46. The molecule has 2 atom stereocenters. The van der Waals surface area contributed by atoms with Crippen LogP contribution in [0.2, 0.25) is 5.02 Å². The van der Waals surface area contributed by atoms with Gasteiger partial charge >= 0.3 is 0 Å². The molecule has 1 N–H and O–H groups in total. The number of piperazine rings is 1. The van der Waals surface area contributed by atoms with Crippen molar-refractivity contribution in [2.24, 2.45) is 0 Å². The molecule has 1 aromatic rings. The Morgan fingerprint density at radius 1 is 1.20 bits per heavy atom. The zero-order chi connectivity index (χ0) is 14.8. The van der Waals surface area contributed by atoms with Crippen LogP contribution < -0.4 is 5.32 Å². The highest BCUT2D eigenvalue weighted by atomic mass is 35.5. The molecule has 1 aliphatic rings. The quantitative estimate of drug-likeness (QED) is 0.900. The maximum Gasteiger partial charge on any atom is 0.0451 e. The lowest BCUT2D eigenvalue weighted by Crippen LogP contribution is -2.67. The fraction of sp³-hybridized carbons (Fsp3) is 0.647. The van der Waals surface area contributed by atoms with Crippen molar-refractivity contribution >= 4 is 11.6 Å². The molecule has 1 aromatic carbocycles. The first-order chi connectivity index (χ1) is 9.42. The molecule has 0 aliphatic carbocycles. The number of benzene rings is 1. The van der Waals surface area contributed by atoms with E-state index in [0.29, 0.717) is 0 Å². The van der Waals surface area contributed by atoms with Crippen LogP contribution in [-0.2, 0) is 6.54 Å². The van der Waals surface area contributed by atoms with Crippen LogP contribution in [0, 0.1) is 0 Å². The second kappa shape index (κ2) is 6.05. The van der Waals surface area contributed by atoms with Gasteiger partial charge in [0.2, 0.25) is 0 Å². The van der Waals surface area contributed by atoms with E-state index < -0.39 is 0 Å². The molecule has 2 nitrogen and oxygen atoms in total. The lowest BCUT2D eigenvalue weighted by molar-refractivity contribution is 0.0105. The summed E-state index contributed by atoms with van der Waals surface area (Å²) in [5, 5.41) is 4.62. The van der Waals surface area contributed by atoms with Gasteiger partial charge in [0.25, 0.3) is 0 Å². The Morgan fingerprint density at radius 2 is 1.90 bits per heavy atom. The van der Waals surface area contributed by atoms with Gasteiger partial charge in [0.15, 0.2) is 0 Å². The standard InChI is InChI=1S/C17H27ClN2/c1-5-16(3)13-20(17(4,6-2)12-19-16)11-14-9-7-8-10-15(14)18/h7-10,19H,5-6,11-13H2,1-4H3. The molecule has 2 unspecified atom stereocenters. The Balaban J connectivity index is 2.22. The smallest absolute Gasteiger partial charge is 0.0451 e. The monoisotopic (exact) mass is 294 g/mol. The second-order valence-corrected chi connectivity index (χ2v) is 6.97. The zero-order valence-corrected chi connectivity index (χ0v) is 13.9. The van der Waals surface area contributed by atoms with E-state index in [1.165, 1.54) is 5.56 Å². The van der Waals surface area contributed by atoms with E-state index in [9.17, 15) is 0 Å². The number of hydrogen-bond acceptors (Lipinski definition) is 2. The van der Waals surface area contributed by atoms with Gasteiger partial charge in [0, 0.05) is 35.7 Å². The summed E-state index contributed by atoms with van der Waals surface area (Å²) in [6.07, 6.45) is 2.29. The molecule has 1 fully saturated rings. The minimum atomic E-state index is 0.202. The highest BCUT2D eigenvalue weighted by Crippen LogP contribution is 2.31. The number of rotatable bonds is 4. The lowest BCUT2D eigenvalue weighted by atomic mass is 9.85. The average molecular weight is 295 g/mol. The molecule has 2 rings (SSSR count). The molecule has 0 radical (unpaired) electrons. The molecule has 20 heavy (non-hydrogen) atoms. The maximum absolute atomic E-state index is 6.34. The van der Waals surface area contributed by atoms with Crippen molar-refractivity contribution in [2.45, 2.75) is 58.2 Å². The predicted molar refractivity (Wildman–Crippen MR) is 87.3 cm³/mol. The maximum atomic E-state index is 6.34. The summed E-state index contributed by atoms with van der Waals surface area (Å²) in [5.74, 6) is 0. The zero-order valence-electron chi connectivity index (χ0n) is 13.2. The van der Waals surface area contributed by atoms with Gasteiger partial charge in [-0.3, -0.25) is 4.90 Å². The molecule has 0 saturated carbocycles. The van der Waals surface area contributed by atoms with Crippen molar-refractivity contribution in [2.75, 3.05) is 13.1 Å². The molecule has 3 heteroatoms. The van der Waals surface area contributed by atoms with Crippen LogP contribution in [0.25, 0.3) is 0 Å². The van der Waals surface area contributed by atoms with E-state index in [-0.39, 0.29) is 11.1 Å². The van der Waals surface area contributed by atoms with Crippen molar-refractivity contribution in [1.29, 1.82) is 0 Å². The van der Waals surface area contributed by atoms with E-state index in [4.69, 9.17) is 11.6 Å². The molecule has 0 bridgehead atoms. The Morgan fingerprint density at radius 3 is 2.50 bits per heavy atom. The number of halogens is 1. The first-order valence-electron chi connectivity index (χ1n) is 7.66. The van der Waals surface area contributed by atoms with E-state index in [1.807, 2.05) is 12.1 Å². The highest BCUT2D eigenvalue weighted by Gasteiger charge is 2.40. The van der Waals surface area contributed by atoms with E-state index in [1.54, 1.807) is 0 Å². The van der Waals surface area contributed by atoms with Gasteiger partial charge in [-0.2, -0.15) is 0 Å². The summed E-state index contributed by atoms with van der Waals surface area (Å²) < 4.78 is 0. The van der Waals surface area contributed by atoms with Gasteiger partial charge in [0.1, 0.15) is 0 Å². The summed E-state index contributed by atoms with van der Waals surface area (Å²) in [4.78, 5) is 2.61. The van der Waals surface area contributed by atoms with E-state index >= 15 is 0 Å². The molecule has 0 spiro atoms. The Hall–Kier alpha value is -0.570. The lowest BCUT2D eigenvalue weighted by Gasteiger charge is -2.52. The molecule has 0 amide bonds. The van der Waals surface area contributed by atoms with Gasteiger partial charge < -0.3 is 5.32 Å². The third-order valence-electron chi connectivity index (χ3n) is 5.06. The largest absolute Gasteiger partial charge is 0.308 e. The van der Waals surface area contributed by atoms with Gasteiger partial charge in [-0.15, -0.1) is 0 Å². The minimum absolute atomic E-state index is 0.202. The van der Waals surface area contributed by atoms with Crippen LogP contribution in [0.4, 0.5) is 0 Å². The van der Waals surface area contributed by atoms with Crippen molar-refractivity contribution in [3.63, 3.8) is 0 Å². The second-order valence-electron chi connectivity index (χ2n) is 6.57. The van der Waals surface area contributed by atoms with Crippen LogP contribution >= 0.6 is 11.6 Å². The van der Waals surface area contributed by atoms with E-state index in [0.717, 1.165) is 37.5 Å². The Labute approximate surface area is 128 Å². The summed E-state index contributed by atoms with van der Waals surface area (Å²) in [6, 6.07) is 8.20. The van der Waals surface area contributed by atoms with Crippen molar-refractivity contribution < 1.29 is 0 Å². The van der Waals surface area contributed by atoms with Crippen LogP contribution in [0.15, 0.2) is 24.3 Å². The minimum Gasteiger partial charge on any atom is -0.308 e. The molecular formula is C17H27ClN2. The number of nitrogens with zero attached hydrogens (tertiary/aromatic N) is 1. The third-order valence-corrected chi connectivity index (χ3v) is 5.43. The van der Waals surface area contributed by atoms with Gasteiger partial charge in [0.05, 0.1) is 0 Å². The Kier molecular flexibility index (Phi) is 4.78. The third kappa shape index (κ3) is 3.19. The first kappa shape index (κ1) is 15.8. The topological polar surface area (TPSA) is 15.3 Å². The van der Waals surface area contributed by atoms with Crippen LogP contribution in [0.3, 0.4) is 0 Å². The molecule has 1 saturated heterocycles. The van der Waals surface area contributed by atoms with Crippen molar-refractivity contribution in [3.05, 3.63) is 34.9 Å². The Bertz CT molecular complexity index is 462. The molecule has 112 valence electrons. The summed E-state index contributed by atoms with van der Waals surface area (Å²) in [7, 11) is 0. The number of nitrogens with one attached hydrogen (secondary N) is 1. The molecule has 1 heterocycles. The predicted octanol–water partition coefficient (Wildman–Crippen LogP) is 4.08. The van der Waals surface area contributed by atoms with Gasteiger partial charge in [-0.25, -0.2) is 0 Å². The highest BCUT2D eigenvalue weighted by molar-refractivity contribution is 6.31. The molecule has 1 aliphatic heterocycles. The summed E-state index contributed by atoms with van der Waals surface area (Å²) in [6.45, 7) is 12.2.